The van der Waals surface area contributed by atoms with Crippen molar-refractivity contribution in [3.8, 4) is 34.3 Å². The van der Waals surface area contributed by atoms with Gasteiger partial charge in [-0.15, -0.1) is 0 Å². The second-order valence-electron chi connectivity index (χ2n) is 6.04. The number of aromatic nitrogens is 2. The number of hydrogen-bond donors (Lipinski definition) is 1. The van der Waals surface area contributed by atoms with Crippen molar-refractivity contribution in [1.82, 2.24) is 10.2 Å². The van der Waals surface area contributed by atoms with Gasteiger partial charge in [-0.2, -0.15) is 5.10 Å². The quantitative estimate of drug-likeness (QED) is 0.520. The molecule has 7 heteroatoms. The molecule has 0 atom stereocenters. The van der Waals surface area contributed by atoms with Crippen LogP contribution in [0.5, 0.6) is 23.0 Å². The molecule has 142 valence electrons. The molecule has 0 unspecified atom stereocenters. The summed E-state index contributed by atoms with van der Waals surface area (Å²) in [4.78, 5) is 12.4. The lowest BCUT2D eigenvalue weighted by molar-refractivity contribution is 0.104. The molecule has 0 saturated carbocycles. The van der Waals surface area contributed by atoms with Gasteiger partial charge in [0.25, 0.3) is 0 Å². The molecule has 0 bridgehead atoms. The number of rotatable bonds is 6. The summed E-state index contributed by atoms with van der Waals surface area (Å²) < 4.78 is 21.1. The fourth-order valence-corrected chi connectivity index (χ4v) is 2.88. The number of aromatic amines is 1. The van der Waals surface area contributed by atoms with Crippen molar-refractivity contribution < 1.29 is 23.7 Å². The third-order valence-electron chi connectivity index (χ3n) is 4.35. The molecule has 4 rings (SSSR count). The van der Waals surface area contributed by atoms with Crippen molar-refractivity contribution in [1.29, 1.82) is 0 Å². The molecule has 0 spiro atoms. The Morgan fingerprint density at radius 2 is 1.86 bits per heavy atom. The van der Waals surface area contributed by atoms with Crippen LogP contribution in [0, 0.1) is 0 Å². The van der Waals surface area contributed by atoms with Crippen LogP contribution in [0.1, 0.15) is 16.1 Å². The van der Waals surface area contributed by atoms with Crippen LogP contribution in [-0.2, 0) is 0 Å². The van der Waals surface area contributed by atoms with Gasteiger partial charge in [-0.3, -0.25) is 9.89 Å². The Kier molecular flexibility index (Phi) is 4.72. The van der Waals surface area contributed by atoms with Gasteiger partial charge in [0, 0.05) is 11.1 Å². The van der Waals surface area contributed by atoms with Crippen LogP contribution in [0.2, 0.25) is 0 Å². The summed E-state index contributed by atoms with van der Waals surface area (Å²) in [6.45, 7) is 0.176. The highest BCUT2D eigenvalue weighted by Gasteiger charge is 2.15. The van der Waals surface area contributed by atoms with Crippen LogP contribution in [0.4, 0.5) is 0 Å². The lowest BCUT2D eigenvalue weighted by Crippen LogP contribution is -1.94. The summed E-state index contributed by atoms with van der Waals surface area (Å²) in [6.07, 6.45) is 3.17. The molecule has 3 aromatic rings. The maximum atomic E-state index is 12.4. The lowest BCUT2D eigenvalue weighted by atomic mass is 10.1. The van der Waals surface area contributed by atoms with E-state index in [1.807, 2.05) is 24.3 Å². The Hall–Kier alpha value is -3.74. The number of H-pyrrole nitrogens is 1. The van der Waals surface area contributed by atoms with E-state index in [4.69, 9.17) is 18.9 Å². The third-order valence-corrected chi connectivity index (χ3v) is 4.35. The molecule has 28 heavy (non-hydrogen) atoms. The Bertz CT molecular complexity index is 1050. The van der Waals surface area contributed by atoms with E-state index in [2.05, 4.69) is 10.2 Å². The highest BCUT2D eigenvalue weighted by molar-refractivity contribution is 6.07. The average Bonchev–Trinajstić information content (AvgIpc) is 3.40. The minimum Gasteiger partial charge on any atom is -0.493 e. The van der Waals surface area contributed by atoms with E-state index in [1.165, 1.54) is 6.08 Å². The van der Waals surface area contributed by atoms with Crippen LogP contribution in [0.25, 0.3) is 17.3 Å². The molecule has 7 nitrogen and oxygen atoms in total. The minimum atomic E-state index is -0.138. The number of methoxy groups -OCH3 is 2. The van der Waals surface area contributed by atoms with Crippen LogP contribution in [0.15, 0.2) is 48.5 Å². The highest BCUT2D eigenvalue weighted by Crippen LogP contribution is 2.33. The van der Waals surface area contributed by atoms with Crippen LogP contribution >= 0.6 is 0 Å². The van der Waals surface area contributed by atoms with Gasteiger partial charge in [-0.05, 0) is 54.6 Å². The maximum Gasteiger partial charge on any atom is 0.231 e. The number of nitrogens with one attached hydrogen (secondary N) is 1. The molecule has 1 aromatic heterocycles. The molecule has 0 radical (unpaired) electrons. The van der Waals surface area contributed by atoms with Crippen molar-refractivity contribution >= 4 is 11.9 Å². The Balaban J connectivity index is 1.51. The topological polar surface area (TPSA) is 82.7 Å². The number of hydrogen-bond acceptors (Lipinski definition) is 6. The molecule has 1 aliphatic heterocycles. The van der Waals surface area contributed by atoms with Crippen LogP contribution < -0.4 is 18.9 Å². The fraction of sp³-hybridized carbons (Fsp3) is 0.143. The number of benzene rings is 2. The third kappa shape index (κ3) is 3.42. The number of carbonyl (C=O) groups excluding carboxylic acids is 1. The largest absolute Gasteiger partial charge is 0.493 e. The van der Waals surface area contributed by atoms with Crippen molar-refractivity contribution in [2.75, 3.05) is 21.0 Å². The Labute approximate surface area is 161 Å². The van der Waals surface area contributed by atoms with Gasteiger partial charge < -0.3 is 18.9 Å². The molecular weight excluding hydrogens is 360 g/mol. The number of carbonyl (C=O) groups is 1. The van der Waals surface area contributed by atoms with Crippen molar-refractivity contribution in [2.24, 2.45) is 0 Å². The first kappa shape index (κ1) is 17.7. The average molecular weight is 378 g/mol. The highest BCUT2D eigenvalue weighted by atomic mass is 16.7. The van der Waals surface area contributed by atoms with E-state index in [0.717, 1.165) is 11.3 Å². The number of ether oxygens (including phenoxy) is 4. The molecular formula is C21H18N2O5. The molecule has 2 heterocycles. The van der Waals surface area contributed by atoms with Crippen molar-refractivity contribution in [3.05, 3.63) is 59.8 Å². The predicted octanol–water partition coefficient (Wildman–Crippen LogP) is 3.72. The smallest absolute Gasteiger partial charge is 0.231 e. The fourth-order valence-electron chi connectivity index (χ4n) is 2.88. The number of allylic oxidation sites excluding steroid dienone is 1. The maximum absolute atomic E-state index is 12.4. The standard InChI is InChI=1S/C21H18N2O5/c1-25-18-7-3-13(9-20(18)26-2)16-11-15(22-23-16)5-6-17(24)14-4-8-19-21(10-14)28-12-27-19/h3-11H,12H2,1-2H3,(H,22,23). The molecule has 2 aromatic carbocycles. The normalized spacial score (nSPS) is 12.4. The first-order valence-corrected chi connectivity index (χ1v) is 8.58. The molecule has 0 aliphatic carbocycles. The van der Waals surface area contributed by atoms with E-state index in [1.54, 1.807) is 38.5 Å². The molecule has 0 amide bonds. The van der Waals surface area contributed by atoms with Gasteiger partial charge in [-0.25, -0.2) is 0 Å². The van der Waals surface area contributed by atoms with Gasteiger partial charge >= 0.3 is 0 Å². The van der Waals surface area contributed by atoms with Gasteiger partial charge in [0.2, 0.25) is 6.79 Å². The summed E-state index contributed by atoms with van der Waals surface area (Å²) >= 11 is 0. The van der Waals surface area contributed by atoms with E-state index in [0.29, 0.717) is 34.3 Å². The Morgan fingerprint density at radius 3 is 2.68 bits per heavy atom. The second kappa shape index (κ2) is 7.48. The van der Waals surface area contributed by atoms with Crippen molar-refractivity contribution in [2.45, 2.75) is 0 Å². The summed E-state index contributed by atoms with van der Waals surface area (Å²) in [5.74, 6) is 2.36. The zero-order chi connectivity index (χ0) is 19.5. The molecule has 1 aliphatic rings. The lowest BCUT2D eigenvalue weighted by Gasteiger charge is -2.08. The van der Waals surface area contributed by atoms with E-state index in [-0.39, 0.29) is 12.6 Å². The first-order valence-electron chi connectivity index (χ1n) is 8.58. The van der Waals surface area contributed by atoms with Gasteiger partial charge in [0.05, 0.1) is 25.6 Å². The summed E-state index contributed by atoms with van der Waals surface area (Å²) in [5, 5.41) is 7.21. The van der Waals surface area contributed by atoms with E-state index >= 15 is 0 Å². The van der Waals surface area contributed by atoms with E-state index < -0.39 is 0 Å². The zero-order valence-corrected chi connectivity index (χ0v) is 15.4. The summed E-state index contributed by atoms with van der Waals surface area (Å²) in [5.41, 5.74) is 2.84. The number of ketones is 1. The second-order valence-corrected chi connectivity index (χ2v) is 6.04. The molecule has 0 saturated heterocycles. The minimum absolute atomic E-state index is 0.138. The molecule has 1 N–H and O–H groups in total. The predicted molar refractivity (Wildman–Crippen MR) is 103 cm³/mol. The van der Waals surface area contributed by atoms with Gasteiger partial charge in [0.1, 0.15) is 0 Å². The first-order chi connectivity index (χ1) is 13.7. The van der Waals surface area contributed by atoms with Crippen LogP contribution in [-0.4, -0.2) is 37.0 Å². The number of nitrogens with zero attached hydrogens (tertiary/aromatic N) is 1. The SMILES string of the molecule is COc1ccc(-c2cc(C=CC(=O)c3ccc4c(c3)OCO4)[nH]n2)cc1OC. The van der Waals surface area contributed by atoms with Gasteiger partial charge in [0.15, 0.2) is 28.8 Å². The van der Waals surface area contributed by atoms with E-state index in [9.17, 15) is 4.79 Å². The summed E-state index contributed by atoms with van der Waals surface area (Å²) in [7, 11) is 3.17. The van der Waals surface area contributed by atoms with Crippen molar-refractivity contribution in [3.63, 3.8) is 0 Å². The Morgan fingerprint density at radius 1 is 1.04 bits per heavy atom. The van der Waals surface area contributed by atoms with Gasteiger partial charge in [-0.1, -0.05) is 0 Å². The number of fused-ring (bicyclic) bond motifs is 1. The van der Waals surface area contributed by atoms with Crippen LogP contribution in [0.3, 0.4) is 0 Å². The molecule has 0 fully saturated rings. The summed E-state index contributed by atoms with van der Waals surface area (Å²) in [6, 6.07) is 12.5. The monoisotopic (exact) mass is 378 g/mol. The zero-order valence-electron chi connectivity index (χ0n) is 15.4.